The zero-order valence-electron chi connectivity index (χ0n) is 7.16. The minimum atomic E-state index is -0.465. The molecule has 0 aromatic heterocycles. The summed E-state index contributed by atoms with van der Waals surface area (Å²) in [5.74, 6) is -0.465. The van der Waals surface area contributed by atoms with Crippen LogP contribution in [0.4, 0.5) is 0 Å². The van der Waals surface area contributed by atoms with Crippen molar-refractivity contribution in [3.63, 3.8) is 0 Å². The standard InChI is InChI=1S/C8H14O3/c1-4-6-8(9)11-10-7(3)5-2/h4,6-7H,5H2,1-3H3/b6-4+. The molecule has 0 saturated heterocycles. The predicted molar refractivity (Wildman–Crippen MR) is 41.7 cm³/mol. The average molecular weight is 158 g/mol. The van der Waals surface area contributed by atoms with Crippen LogP contribution in [0, 0.1) is 0 Å². The third-order valence-corrected chi connectivity index (χ3v) is 1.17. The van der Waals surface area contributed by atoms with Crippen LogP contribution in [0.1, 0.15) is 27.2 Å². The van der Waals surface area contributed by atoms with Crippen LogP contribution in [-0.2, 0) is 14.6 Å². The highest BCUT2D eigenvalue weighted by atomic mass is 17.2. The van der Waals surface area contributed by atoms with Crippen molar-refractivity contribution >= 4 is 5.97 Å². The molecule has 0 heterocycles. The Morgan fingerprint density at radius 2 is 2.27 bits per heavy atom. The molecule has 3 heteroatoms. The van der Waals surface area contributed by atoms with E-state index in [1.54, 1.807) is 13.0 Å². The minimum absolute atomic E-state index is 0.0378. The van der Waals surface area contributed by atoms with E-state index >= 15 is 0 Å². The smallest absolute Gasteiger partial charge is 0.293 e. The van der Waals surface area contributed by atoms with E-state index in [4.69, 9.17) is 4.89 Å². The molecular weight excluding hydrogens is 144 g/mol. The molecular formula is C8H14O3. The van der Waals surface area contributed by atoms with E-state index in [1.807, 2.05) is 13.8 Å². The van der Waals surface area contributed by atoms with Gasteiger partial charge in [0.1, 0.15) is 6.10 Å². The number of allylic oxidation sites excluding steroid dienone is 1. The lowest BCUT2D eigenvalue weighted by molar-refractivity contribution is -0.290. The van der Waals surface area contributed by atoms with Gasteiger partial charge in [0, 0.05) is 6.08 Å². The van der Waals surface area contributed by atoms with E-state index in [9.17, 15) is 4.79 Å². The molecule has 0 N–H and O–H groups in total. The maximum Gasteiger partial charge on any atom is 0.365 e. The Balaban J connectivity index is 3.45. The molecule has 11 heavy (non-hydrogen) atoms. The Labute approximate surface area is 66.9 Å². The highest BCUT2D eigenvalue weighted by Crippen LogP contribution is 1.96. The Bertz CT molecular complexity index is 140. The number of carbonyl (C=O) groups excluding carboxylic acids is 1. The highest BCUT2D eigenvalue weighted by molar-refractivity contribution is 5.81. The Morgan fingerprint density at radius 3 is 2.73 bits per heavy atom. The van der Waals surface area contributed by atoms with Crippen molar-refractivity contribution in [1.82, 2.24) is 0 Å². The molecule has 1 unspecified atom stereocenters. The molecule has 64 valence electrons. The first-order chi connectivity index (χ1) is 5.20. The van der Waals surface area contributed by atoms with Crippen LogP contribution in [0.25, 0.3) is 0 Å². The molecule has 0 aliphatic carbocycles. The van der Waals surface area contributed by atoms with Crippen LogP contribution < -0.4 is 0 Å². The van der Waals surface area contributed by atoms with Crippen molar-refractivity contribution in [3.8, 4) is 0 Å². The van der Waals surface area contributed by atoms with Crippen molar-refractivity contribution in [2.45, 2.75) is 33.3 Å². The summed E-state index contributed by atoms with van der Waals surface area (Å²) in [6, 6.07) is 0. The van der Waals surface area contributed by atoms with E-state index < -0.39 is 5.97 Å². The summed E-state index contributed by atoms with van der Waals surface area (Å²) >= 11 is 0. The molecule has 0 fully saturated rings. The number of hydrogen-bond acceptors (Lipinski definition) is 3. The predicted octanol–water partition coefficient (Wildman–Crippen LogP) is 1.84. The third kappa shape index (κ3) is 5.61. The lowest BCUT2D eigenvalue weighted by atomic mass is 10.3. The number of carbonyl (C=O) groups is 1. The lowest BCUT2D eigenvalue weighted by Gasteiger charge is -2.06. The normalized spacial score (nSPS) is 13.4. The Morgan fingerprint density at radius 1 is 1.64 bits per heavy atom. The maximum absolute atomic E-state index is 10.6. The summed E-state index contributed by atoms with van der Waals surface area (Å²) in [5.41, 5.74) is 0. The Kier molecular flexibility index (Phi) is 5.47. The zero-order valence-corrected chi connectivity index (χ0v) is 7.16. The molecule has 0 amide bonds. The maximum atomic E-state index is 10.6. The van der Waals surface area contributed by atoms with Gasteiger partial charge in [0.05, 0.1) is 0 Å². The van der Waals surface area contributed by atoms with Gasteiger partial charge in [-0.2, -0.15) is 4.89 Å². The first-order valence-electron chi connectivity index (χ1n) is 3.70. The van der Waals surface area contributed by atoms with Gasteiger partial charge >= 0.3 is 5.97 Å². The fourth-order valence-electron chi connectivity index (χ4n) is 0.361. The Hall–Kier alpha value is -0.830. The molecule has 0 aliphatic heterocycles. The fraction of sp³-hybridized carbons (Fsp3) is 0.625. The van der Waals surface area contributed by atoms with Gasteiger partial charge in [-0.25, -0.2) is 4.79 Å². The van der Waals surface area contributed by atoms with E-state index in [1.165, 1.54) is 6.08 Å². The van der Waals surface area contributed by atoms with Crippen LogP contribution in [0.2, 0.25) is 0 Å². The summed E-state index contributed by atoms with van der Waals surface area (Å²) in [7, 11) is 0. The summed E-state index contributed by atoms with van der Waals surface area (Å²) in [6.07, 6.45) is 3.69. The van der Waals surface area contributed by atoms with Crippen LogP contribution in [0.3, 0.4) is 0 Å². The number of rotatable bonds is 4. The second-order valence-corrected chi connectivity index (χ2v) is 2.22. The number of hydrogen-bond donors (Lipinski definition) is 0. The molecule has 3 nitrogen and oxygen atoms in total. The molecule has 0 radical (unpaired) electrons. The SMILES string of the molecule is C/C=C/C(=O)OOC(C)CC. The molecule has 0 aliphatic rings. The minimum Gasteiger partial charge on any atom is -0.293 e. The van der Waals surface area contributed by atoms with Crippen LogP contribution in [0.5, 0.6) is 0 Å². The summed E-state index contributed by atoms with van der Waals surface area (Å²) in [5, 5.41) is 0. The van der Waals surface area contributed by atoms with Gasteiger partial charge in [0.15, 0.2) is 0 Å². The van der Waals surface area contributed by atoms with Crippen molar-refractivity contribution in [2.75, 3.05) is 0 Å². The topological polar surface area (TPSA) is 35.5 Å². The third-order valence-electron chi connectivity index (χ3n) is 1.17. The average Bonchev–Trinajstić information content (AvgIpc) is 2.01. The second-order valence-electron chi connectivity index (χ2n) is 2.22. The highest BCUT2D eigenvalue weighted by Gasteiger charge is 2.02. The van der Waals surface area contributed by atoms with Gasteiger partial charge in [-0.15, -0.1) is 0 Å². The fourth-order valence-corrected chi connectivity index (χ4v) is 0.361. The van der Waals surface area contributed by atoms with Crippen LogP contribution >= 0.6 is 0 Å². The molecule has 0 saturated carbocycles. The first kappa shape index (κ1) is 10.2. The molecule has 0 bridgehead atoms. The monoisotopic (exact) mass is 158 g/mol. The quantitative estimate of drug-likeness (QED) is 0.356. The van der Waals surface area contributed by atoms with Crippen molar-refractivity contribution in [1.29, 1.82) is 0 Å². The summed E-state index contributed by atoms with van der Waals surface area (Å²) in [6.45, 7) is 5.53. The summed E-state index contributed by atoms with van der Waals surface area (Å²) < 4.78 is 0. The van der Waals surface area contributed by atoms with Gasteiger partial charge < -0.3 is 0 Å². The van der Waals surface area contributed by atoms with Gasteiger partial charge in [0.2, 0.25) is 0 Å². The van der Waals surface area contributed by atoms with E-state index in [0.29, 0.717) is 0 Å². The molecule has 0 aromatic carbocycles. The molecule has 0 aromatic rings. The second kappa shape index (κ2) is 5.92. The van der Waals surface area contributed by atoms with Gasteiger partial charge in [-0.1, -0.05) is 13.0 Å². The molecule has 0 spiro atoms. The largest absolute Gasteiger partial charge is 0.365 e. The van der Waals surface area contributed by atoms with Crippen LogP contribution in [0.15, 0.2) is 12.2 Å². The first-order valence-corrected chi connectivity index (χ1v) is 3.70. The van der Waals surface area contributed by atoms with Crippen molar-refractivity contribution in [3.05, 3.63) is 12.2 Å². The van der Waals surface area contributed by atoms with Gasteiger partial charge in [0.25, 0.3) is 0 Å². The summed E-state index contributed by atoms with van der Waals surface area (Å²) in [4.78, 5) is 19.7. The molecule has 1 atom stereocenters. The van der Waals surface area contributed by atoms with Crippen molar-refractivity contribution < 1.29 is 14.6 Å². The molecule has 0 rings (SSSR count). The van der Waals surface area contributed by atoms with E-state index in [-0.39, 0.29) is 6.10 Å². The van der Waals surface area contributed by atoms with Crippen LogP contribution in [-0.4, -0.2) is 12.1 Å². The van der Waals surface area contributed by atoms with E-state index in [2.05, 4.69) is 4.89 Å². The lowest BCUT2D eigenvalue weighted by Crippen LogP contribution is -2.10. The van der Waals surface area contributed by atoms with Crippen molar-refractivity contribution in [2.24, 2.45) is 0 Å². The van der Waals surface area contributed by atoms with Gasteiger partial charge in [-0.05, 0) is 20.3 Å². The van der Waals surface area contributed by atoms with E-state index in [0.717, 1.165) is 6.42 Å². The van der Waals surface area contributed by atoms with Gasteiger partial charge in [-0.3, -0.25) is 4.89 Å². The zero-order chi connectivity index (χ0) is 8.69.